The maximum Gasteiger partial charge on any atom is 0.176 e. The van der Waals surface area contributed by atoms with Crippen LogP contribution in [0.3, 0.4) is 0 Å². The first-order chi connectivity index (χ1) is 9.74. The number of carbonyl (C=O) groups is 1. The Morgan fingerprint density at radius 3 is 2.45 bits per heavy atom. The Labute approximate surface area is 121 Å². The highest BCUT2D eigenvalue weighted by Gasteiger charge is 2.22. The highest BCUT2D eigenvalue weighted by molar-refractivity contribution is 5.97. The maximum absolute atomic E-state index is 12.3. The zero-order valence-electron chi connectivity index (χ0n) is 12.1. The Morgan fingerprint density at radius 2 is 1.90 bits per heavy atom. The van der Waals surface area contributed by atoms with Crippen molar-refractivity contribution in [1.82, 2.24) is 4.90 Å². The number of hydrogen-bond acceptors (Lipinski definition) is 3. The van der Waals surface area contributed by atoms with Crippen molar-refractivity contribution in [2.75, 3.05) is 13.1 Å². The fourth-order valence-corrected chi connectivity index (χ4v) is 2.95. The summed E-state index contributed by atoms with van der Waals surface area (Å²) in [5.41, 5.74) is 1.31. The predicted molar refractivity (Wildman–Crippen MR) is 79.6 cm³/mol. The van der Waals surface area contributed by atoms with Gasteiger partial charge < -0.3 is 0 Å². The van der Waals surface area contributed by atoms with Gasteiger partial charge in [-0.25, -0.2) is 0 Å². The minimum absolute atomic E-state index is 0.155. The molecule has 0 spiro atoms. The van der Waals surface area contributed by atoms with Gasteiger partial charge in [0.25, 0.3) is 0 Å². The van der Waals surface area contributed by atoms with E-state index in [2.05, 4.69) is 17.9 Å². The van der Waals surface area contributed by atoms with Crippen molar-refractivity contribution in [3.8, 4) is 6.07 Å². The molecule has 0 unspecified atom stereocenters. The van der Waals surface area contributed by atoms with E-state index in [4.69, 9.17) is 5.26 Å². The Bertz CT molecular complexity index is 481. The number of carbonyl (C=O) groups excluding carboxylic acids is 1. The quantitative estimate of drug-likeness (QED) is 0.770. The van der Waals surface area contributed by atoms with Crippen molar-refractivity contribution in [3.63, 3.8) is 0 Å². The smallest absolute Gasteiger partial charge is 0.176 e. The van der Waals surface area contributed by atoms with Gasteiger partial charge in [0.1, 0.15) is 0 Å². The van der Waals surface area contributed by atoms with Gasteiger partial charge in [0.2, 0.25) is 0 Å². The molecule has 1 saturated carbocycles. The van der Waals surface area contributed by atoms with E-state index < -0.39 is 0 Å². The van der Waals surface area contributed by atoms with E-state index in [1.807, 2.05) is 0 Å². The van der Waals surface area contributed by atoms with Crippen LogP contribution in [0.1, 0.15) is 54.9 Å². The van der Waals surface area contributed by atoms with Crippen LogP contribution in [0.2, 0.25) is 0 Å². The Morgan fingerprint density at radius 1 is 1.25 bits per heavy atom. The summed E-state index contributed by atoms with van der Waals surface area (Å²) >= 11 is 0. The average molecular weight is 270 g/mol. The highest BCUT2D eigenvalue weighted by Crippen LogP contribution is 2.22. The molecule has 3 heteroatoms. The first-order valence-corrected chi connectivity index (χ1v) is 7.52. The molecule has 0 amide bonds. The monoisotopic (exact) mass is 270 g/mol. The summed E-state index contributed by atoms with van der Waals surface area (Å²) in [5, 5.41) is 8.78. The molecule has 0 radical (unpaired) electrons. The minimum atomic E-state index is 0.155. The number of likely N-dealkylation sites (N-methyl/N-ethyl adjacent to an activating group) is 1. The van der Waals surface area contributed by atoms with E-state index in [1.54, 1.807) is 24.3 Å². The first kappa shape index (κ1) is 14.7. The van der Waals surface area contributed by atoms with Crippen LogP contribution < -0.4 is 0 Å². The Hall–Kier alpha value is -1.66. The van der Waals surface area contributed by atoms with Crippen LogP contribution in [0, 0.1) is 11.3 Å². The molecule has 106 valence electrons. The third-order valence-corrected chi connectivity index (χ3v) is 4.18. The summed E-state index contributed by atoms with van der Waals surface area (Å²) in [6.45, 7) is 3.54. The number of benzene rings is 1. The van der Waals surface area contributed by atoms with E-state index in [-0.39, 0.29) is 5.78 Å². The first-order valence-electron chi connectivity index (χ1n) is 7.52. The average Bonchev–Trinajstić information content (AvgIpc) is 2.53. The highest BCUT2D eigenvalue weighted by atomic mass is 16.1. The van der Waals surface area contributed by atoms with E-state index in [1.165, 1.54) is 32.1 Å². The molecule has 0 N–H and O–H groups in total. The lowest BCUT2D eigenvalue weighted by Crippen LogP contribution is -2.40. The molecule has 0 heterocycles. The SMILES string of the molecule is CCN(CC(=O)c1ccc(C#N)cc1)C1CCCCC1. The van der Waals surface area contributed by atoms with Crippen molar-refractivity contribution in [2.24, 2.45) is 0 Å². The zero-order chi connectivity index (χ0) is 14.4. The van der Waals surface area contributed by atoms with E-state index in [0.717, 1.165) is 6.54 Å². The second kappa shape index (κ2) is 7.21. The molecule has 0 saturated heterocycles. The fourth-order valence-electron chi connectivity index (χ4n) is 2.95. The molecule has 0 bridgehead atoms. The van der Waals surface area contributed by atoms with E-state index in [9.17, 15) is 4.79 Å². The molecule has 2 rings (SSSR count). The normalized spacial score (nSPS) is 16.1. The summed E-state index contributed by atoms with van der Waals surface area (Å²) in [6, 6.07) is 9.58. The second-order valence-corrected chi connectivity index (χ2v) is 5.47. The van der Waals surface area contributed by atoms with Gasteiger partial charge in [0, 0.05) is 11.6 Å². The van der Waals surface area contributed by atoms with Gasteiger partial charge in [-0.1, -0.05) is 38.3 Å². The van der Waals surface area contributed by atoms with Crippen molar-refractivity contribution in [2.45, 2.75) is 45.1 Å². The van der Waals surface area contributed by atoms with Crippen LogP contribution >= 0.6 is 0 Å². The molecule has 3 nitrogen and oxygen atoms in total. The van der Waals surface area contributed by atoms with Gasteiger partial charge in [-0.3, -0.25) is 9.69 Å². The number of hydrogen-bond donors (Lipinski definition) is 0. The van der Waals surface area contributed by atoms with Gasteiger partial charge in [-0.15, -0.1) is 0 Å². The number of rotatable bonds is 5. The third kappa shape index (κ3) is 3.68. The van der Waals surface area contributed by atoms with Crippen LogP contribution in [-0.4, -0.2) is 29.8 Å². The van der Waals surface area contributed by atoms with E-state index >= 15 is 0 Å². The second-order valence-electron chi connectivity index (χ2n) is 5.47. The predicted octanol–water partition coefficient (Wildman–Crippen LogP) is 3.40. The molecule has 1 aliphatic rings. The van der Waals surface area contributed by atoms with Gasteiger partial charge in [-0.05, 0) is 31.5 Å². The van der Waals surface area contributed by atoms with Crippen LogP contribution in [-0.2, 0) is 0 Å². The van der Waals surface area contributed by atoms with Crippen LogP contribution in [0.5, 0.6) is 0 Å². The van der Waals surface area contributed by atoms with E-state index in [0.29, 0.717) is 23.7 Å². The summed E-state index contributed by atoms with van der Waals surface area (Å²) in [6.07, 6.45) is 6.33. The molecular formula is C17H22N2O. The molecule has 0 atom stereocenters. The summed E-state index contributed by atoms with van der Waals surface area (Å²) < 4.78 is 0. The largest absolute Gasteiger partial charge is 0.293 e. The standard InChI is InChI=1S/C17H22N2O/c1-2-19(16-6-4-3-5-7-16)13-17(20)15-10-8-14(12-18)9-11-15/h8-11,16H,2-7,13H2,1H3. The van der Waals surface area contributed by atoms with Crippen LogP contribution in [0.15, 0.2) is 24.3 Å². The lowest BCUT2D eigenvalue weighted by molar-refractivity contribution is 0.0868. The van der Waals surface area contributed by atoms with Gasteiger partial charge in [0.05, 0.1) is 18.2 Å². The Balaban J connectivity index is 1.99. The van der Waals surface area contributed by atoms with Gasteiger partial charge in [0.15, 0.2) is 5.78 Å². The molecule has 1 aromatic carbocycles. The molecule has 1 fully saturated rings. The Kier molecular flexibility index (Phi) is 5.31. The summed E-state index contributed by atoms with van der Waals surface area (Å²) in [4.78, 5) is 14.6. The van der Waals surface area contributed by atoms with Crippen LogP contribution in [0.25, 0.3) is 0 Å². The summed E-state index contributed by atoms with van der Waals surface area (Å²) in [5.74, 6) is 0.155. The fraction of sp³-hybridized carbons (Fsp3) is 0.529. The van der Waals surface area contributed by atoms with Crippen molar-refractivity contribution in [1.29, 1.82) is 5.26 Å². The third-order valence-electron chi connectivity index (χ3n) is 4.18. The maximum atomic E-state index is 12.3. The summed E-state index contributed by atoms with van der Waals surface area (Å²) in [7, 11) is 0. The molecule has 1 aromatic rings. The zero-order valence-corrected chi connectivity index (χ0v) is 12.1. The molecule has 20 heavy (non-hydrogen) atoms. The number of Topliss-reactive ketones (excluding diaryl/α,β-unsaturated/α-hetero) is 1. The van der Waals surface area contributed by atoms with Crippen molar-refractivity contribution < 1.29 is 4.79 Å². The van der Waals surface area contributed by atoms with Gasteiger partial charge in [-0.2, -0.15) is 5.26 Å². The molecule has 0 aliphatic heterocycles. The minimum Gasteiger partial charge on any atom is -0.293 e. The molecular weight excluding hydrogens is 248 g/mol. The number of ketones is 1. The van der Waals surface area contributed by atoms with Crippen molar-refractivity contribution in [3.05, 3.63) is 35.4 Å². The lowest BCUT2D eigenvalue weighted by Gasteiger charge is -2.33. The topological polar surface area (TPSA) is 44.1 Å². The molecule has 1 aliphatic carbocycles. The van der Waals surface area contributed by atoms with Gasteiger partial charge >= 0.3 is 0 Å². The lowest BCUT2D eigenvalue weighted by atomic mass is 9.94. The number of nitrogens with zero attached hydrogens (tertiary/aromatic N) is 2. The number of nitriles is 1. The van der Waals surface area contributed by atoms with Crippen LogP contribution in [0.4, 0.5) is 0 Å². The molecule has 0 aromatic heterocycles. The van der Waals surface area contributed by atoms with Crippen molar-refractivity contribution >= 4 is 5.78 Å².